The monoisotopic (exact) mass is 361 g/mol. The molecule has 1 aliphatic carbocycles. The van der Waals surface area contributed by atoms with Crippen molar-refractivity contribution in [1.29, 1.82) is 0 Å². The Hall–Kier alpha value is -2.95. The van der Waals surface area contributed by atoms with Crippen LogP contribution in [-0.2, 0) is 16.9 Å². The largest absolute Gasteiger partial charge is 0.347 e. The molecule has 1 aliphatic rings. The molecular formula is C22H23N3O2. The molecule has 3 aromatic rings. The maximum absolute atomic E-state index is 12.7. The number of para-hydroxylation sites is 1. The molecule has 1 N–H and O–H groups in total. The van der Waals surface area contributed by atoms with E-state index < -0.39 is 0 Å². The second-order valence-electron chi connectivity index (χ2n) is 7.31. The average Bonchev–Trinajstić information content (AvgIpc) is 2.65. The fraction of sp³-hybridized carbons (Fsp3) is 0.318. The highest BCUT2D eigenvalue weighted by Gasteiger charge is 2.39. The number of benzene rings is 2. The van der Waals surface area contributed by atoms with E-state index >= 15 is 0 Å². The number of nitrogens with zero attached hydrogens (tertiary/aromatic N) is 2. The summed E-state index contributed by atoms with van der Waals surface area (Å²) in [5.41, 5.74) is 2.51. The molecule has 1 amide bonds. The number of amides is 1. The summed E-state index contributed by atoms with van der Waals surface area (Å²) >= 11 is 0. The van der Waals surface area contributed by atoms with Gasteiger partial charge in [-0.15, -0.1) is 0 Å². The number of carbonyl (C=O) groups excluding carboxylic acids is 1. The van der Waals surface area contributed by atoms with Gasteiger partial charge in [0.1, 0.15) is 0 Å². The van der Waals surface area contributed by atoms with Crippen LogP contribution in [0.3, 0.4) is 0 Å². The lowest BCUT2D eigenvalue weighted by Crippen LogP contribution is -2.51. The summed E-state index contributed by atoms with van der Waals surface area (Å²) in [6.07, 6.45) is 4.83. The van der Waals surface area contributed by atoms with Crippen molar-refractivity contribution in [2.24, 2.45) is 0 Å². The van der Waals surface area contributed by atoms with Crippen LogP contribution in [0.15, 0.2) is 59.7 Å². The molecule has 1 heterocycles. The van der Waals surface area contributed by atoms with Crippen molar-refractivity contribution in [1.82, 2.24) is 14.9 Å². The Kier molecular flexibility index (Phi) is 4.52. The summed E-state index contributed by atoms with van der Waals surface area (Å²) < 4.78 is 1.53. The van der Waals surface area contributed by atoms with Gasteiger partial charge in [0.2, 0.25) is 5.91 Å². The molecule has 27 heavy (non-hydrogen) atoms. The minimum Gasteiger partial charge on any atom is -0.347 e. The van der Waals surface area contributed by atoms with E-state index in [1.54, 1.807) is 12.4 Å². The Morgan fingerprint density at radius 1 is 1.15 bits per heavy atom. The number of rotatable bonds is 5. The molecule has 0 radical (unpaired) electrons. The second-order valence-corrected chi connectivity index (χ2v) is 7.31. The third-order valence-electron chi connectivity index (χ3n) is 5.55. The maximum atomic E-state index is 12.7. The minimum absolute atomic E-state index is 0.0326. The van der Waals surface area contributed by atoms with E-state index in [9.17, 15) is 9.59 Å². The molecule has 0 saturated heterocycles. The Labute approximate surface area is 158 Å². The molecule has 0 atom stereocenters. The predicted molar refractivity (Wildman–Crippen MR) is 105 cm³/mol. The quantitative estimate of drug-likeness (QED) is 0.758. The Morgan fingerprint density at radius 3 is 2.63 bits per heavy atom. The first-order valence-electron chi connectivity index (χ1n) is 9.40. The summed E-state index contributed by atoms with van der Waals surface area (Å²) in [5, 5.41) is 3.80. The molecule has 138 valence electrons. The van der Waals surface area contributed by atoms with Gasteiger partial charge in [-0.3, -0.25) is 14.2 Å². The summed E-state index contributed by atoms with van der Waals surface area (Å²) in [5.74, 6) is -0.0326. The standard InChI is InChI=1S/C22H23N3O2/c1-16-7-5-10-18-20(16)23-15-25(21(18)27)14-11-19(26)24-22(12-6-13-22)17-8-3-2-4-9-17/h2-5,7-10,15H,6,11-14H2,1H3,(H,24,26). The summed E-state index contributed by atoms with van der Waals surface area (Å²) in [6.45, 7) is 2.26. The first kappa shape index (κ1) is 17.5. The Balaban J connectivity index is 1.48. The van der Waals surface area contributed by atoms with Crippen LogP contribution < -0.4 is 10.9 Å². The molecule has 0 aliphatic heterocycles. The smallest absolute Gasteiger partial charge is 0.261 e. The normalized spacial score (nSPS) is 15.3. The minimum atomic E-state index is -0.248. The zero-order valence-corrected chi connectivity index (χ0v) is 15.4. The van der Waals surface area contributed by atoms with Crippen molar-refractivity contribution in [3.8, 4) is 0 Å². The van der Waals surface area contributed by atoms with Gasteiger partial charge in [-0.1, -0.05) is 42.5 Å². The lowest BCUT2D eigenvalue weighted by Gasteiger charge is -2.43. The highest BCUT2D eigenvalue weighted by atomic mass is 16.2. The van der Waals surface area contributed by atoms with Gasteiger partial charge in [-0.25, -0.2) is 4.98 Å². The predicted octanol–water partition coefficient (Wildman–Crippen LogP) is 3.29. The molecular weight excluding hydrogens is 338 g/mol. The average molecular weight is 361 g/mol. The fourth-order valence-electron chi connectivity index (χ4n) is 3.82. The van der Waals surface area contributed by atoms with Crippen LogP contribution in [0.5, 0.6) is 0 Å². The molecule has 5 heteroatoms. The molecule has 4 rings (SSSR count). The van der Waals surface area contributed by atoms with E-state index in [4.69, 9.17) is 0 Å². The molecule has 1 saturated carbocycles. The fourth-order valence-corrected chi connectivity index (χ4v) is 3.82. The molecule has 5 nitrogen and oxygen atoms in total. The molecule has 0 bridgehead atoms. The van der Waals surface area contributed by atoms with Crippen molar-refractivity contribution in [2.45, 2.75) is 44.7 Å². The van der Waals surface area contributed by atoms with Gasteiger partial charge in [0.25, 0.3) is 5.56 Å². The van der Waals surface area contributed by atoms with Gasteiger partial charge in [0.15, 0.2) is 0 Å². The van der Waals surface area contributed by atoms with Crippen LogP contribution in [0.2, 0.25) is 0 Å². The van der Waals surface area contributed by atoms with E-state index in [1.165, 1.54) is 4.57 Å². The number of aromatic nitrogens is 2. The van der Waals surface area contributed by atoms with Crippen molar-refractivity contribution in [3.05, 3.63) is 76.3 Å². The second kappa shape index (κ2) is 6.99. The maximum Gasteiger partial charge on any atom is 0.261 e. The van der Waals surface area contributed by atoms with Crippen LogP contribution >= 0.6 is 0 Å². The van der Waals surface area contributed by atoms with Gasteiger partial charge in [0.05, 0.1) is 22.8 Å². The zero-order chi connectivity index (χ0) is 18.9. The SMILES string of the molecule is Cc1cccc2c(=O)n(CCC(=O)NC3(c4ccccc4)CCC3)cnc12. The van der Waals surface area contributed by atoms with Crippen LogP contribution in [0.1, 0.15) is 36.8 Å². The van der Waals surface area contributed by atoms with E-state index in [0.29, 0.717) is 11.9 Å². The molecule has 1 aromatic heterocycles. The number of fused-ring (bicyclic) bond motifs is 1. The van der Waals surface area contributed by atoms with Gasteiger partial charge < -0.3 is 5.32 Å². The van der Waals surface area contributed by atoms with Crippen molar-refractivity contribution in [2.75, 3.05) is 0 Å². The summed E-state index contributed by atoms with van der Waals surface area (Å²) in [4.78, 5) is 29.6. The lowest BCUT2D eigenvalue weighted by molar-refractivity contribution is -0.124. The highest BCUT2D eigenvalue weighted by molar-refractivity contribution is 5.80. The molecule has 0 unspecified atom stereocenters. The van der Waals surface area contributed by atoms with Crippen LogP contribution in [0.4, 0.5) is 0 Å². The molecule has 2 aromatic carbocycles. The highest BCUT2D eigenvalue weighted by Crippen LogP contribution is 2.41. The summed E-state index contributed by atoms with van der Waals surface area (Å²) in [6, 6.07) is 15.7. The first-order chi connectivity index (χ1) is 13.1. The zero-order valence-electron chi connectivity index (χ0n) is 15.4. The molecule has 0 spiro atoms. The topological polar surface area (TPSA) is 64.0 Å². The Morgan fingerprint density at radius 2 is 1.93 bits per heavy atom. The number of hydrogen-bond donors (Lipinski definition) is 1. The van der Waals surface area contributed by atoms with Crippen LogP contribution in [0.25, 0.3) is 10.9 Å². The first-order valence-corrected chi connectivity index (χ1v) is 9.40. The van der Waals surface area contributed by atoms with Crippen LogP contribution in [0, 0.1) is 6.92 Å². The number of hydrogen-bond acceptors (Lipinski definition) is 3. The van der Waals surface area contributed by atoms with E-state index in [2.05, 4.69) is 22.4 Å². The lowest BCUT2D eigenvalue weighted by atomic mass is 9.71. The van der Waals surface area contributed by atoms with E-state index in [1.807, 2.05) is 37.3 Å². The van der Waals surface area contributed by atoms with E-state index in [-0.39, 0.29) is 23.4 Å². The third kappa shape index (κ3) is 3.25. The molecule has 1 fully saturated rings. The number of nitrogens with one attached hydrogen (secondary N) is 1. The van der Waals surface area contributed by atoms with Crippen molar-refractivity contribution >= 4 is 16.8 Å². The number of aryl methyl sites for hydroxylation is 2. The van der Waals surface area contributed by atoms with Gasteiger partial charge in [-0.05, 0) is 43.4 Å². The van der Waals surface area contributed by atoms with E-state index in [0.717, 1.165) is 35.9 Å². The van der Waals surface area contributed by atoms with Gasteiger partial charge in [0, 0.05) is 13.0 Å². The Bertz CT molecular complexity index is 1040. The van der Waals surface area contributed by atoms with Crippen molar-refractivity contribution in [3.63, 3.8) is 0 Å². The van der Waals surface area contributed by atoms with Crippen LogP contribution in [-0.4, -0.2) is 15.5 Å². The van der Waals surface area contributed by atoms with Crippen molar-refractivity contribution < 1.29 is 4.79 Å². The van der Waals surface area contributed by atoms with Gasteiger partial charge in [-0.2, -0.15) is 0 Å². The number of carbonyl (C=O) groups is 1. The third-order valence-corrected chi connectivity index (χ3v) is 5.55. The van der Waals surface area contributed by atoms with Gasteiger partial charge >= 0.3 is 0 Å². The summed E-state index contributed by atoms with van der Waals surface area (Å²) in [7, 11) is 0.